The Bertz CT molecular complexity index is 530. The van der Waals surface area contributed by atoms with Crippen molar-refractivity contribution in [2.75, 3.05) is 6.54 Å². The first-order valence-corrected chi connectivity index (χ1v) is 6.87. The Hall–Kier alpha value is -1.50. The van der Waals surface area contributed by atoms with E-state index in [0.29, 0.717) is 6.42 Å². The van der Waals surface area contributed by atoms with Gasteiger partial charge in [0.1, 0.15) is 0 Å². The maximum absolute atomic E-state index is 13.1. The monoisotopic (exact) mass is 305 g/mol. The van der Waals surface area contributed by atoms with Crippen LogP contribution in [0.15, 0.2) is 18.2 Å². The third-order valence-electron chi connectivity index (χ3n) is 3.72. The molecule has 0 bridgehead atoms. The lowest BCUT2D eigenvalue weighted by molar-refractivity contribution is -0.391. The van der Waals surface area contributed by atoms with Crippen LogP contribution in [0.3, 0.4) is 0 Å². The molecule has 3 nitrogen and oxygen atoms in total. The Morgan fingerprint density at radius 3 is 2.43 bits per heavy atom. The number of ether oxygens (including phenoxy) is 2. The van der Waals surface area contributed by atoms with Gasteiger partial charge in [-0.25, -0.2) is 0 Å². The van der Waals surface area contributed by atoms with Crippen molar-refractivity contribution in [1.29, 1.82) is 0 Å². The van der Waals surface area contributed by atoms with Gasteiger partial charge >= 0.3 is 12.2 Å². The molecule has 0 aliphatic carbocycles. The molecular weight excluding hydrogens is 290 g/mol. The van der Waals surface area contributed by atoms with Crippen molar-refractivity contribution in [3.8, 4) is 11.5 Å². The molecule has 1 unspecified atom stereocenters. The lowest BCUT2D eigenvalue weighted by atomic mass is 9.97. The van der Waals surface area contributed by atoms with Gasteiger partial charge in [-0.3, -0.25) is 0 Å². The molecule has 21 heavy (non-hydrogen) atoms. The number of halogens is 4. The quantitative estimate of drug-likeness (QED) is 0.850. The molecule has 3 rings (SSSR count). The molecule has 0 amide bonds. The van der Waals surface area contributed by atoms with Crippen molar-refractivity contribution in [2.24, 2.45) is 0 Å². The van der Waals surface area contributed by atoms with Crippen LogP contribution in [0.2, 0.25) is 0 Å². The molecule has 1 N–H and O–H groups in total. The van der Waals surface area contributed by atoms with Crippen molar-refractivity contribution in [1.82, 2.24) is 5.32 Å². The first-order chi connectivity index (χ1) is 9.87. The lowest BCUT2D eigenvalue weighted by Crippen LogP contribution is -2.52. The van der Waals surface area contributed by atoms with E-state index in [1.165, 1.54) is 12.1 Å². The van der Waals surface area contributed by atoms with Crippen LogP contribution in [0.4, 0.5) is 17.6 Å². The Morgan fingerprint density at radius 1 is 1.05 bits per heavy atom. The third-order valence-corrected chi connectivity index (χ3v) is 3.72. The van der Waals surface area contributed by atoms with E-state index in [4.69, 9.17) is 0 Å². The molecule has 1 aromatic carbocycles. The number of fused-ring (bicyclic) bond motifs is 1. The summed E-state index contributed by atoms with van der Waals surface area (Å²) in [4.78, 5) is 0. The molecule has 0 aromatic heterocycles. The summed E-state index contributed by atoms with van der Waals surface area (Å²) in [7, 11) is 0. The topological polar surface area (TPSA) is 30.5 Å². The summed E-state index contributed by atoms with van der Waals surface area (Å²) >= 11 is 0. The van der Waals surface area contributed by atoms with Crippen LogP contribution in [-0.2, 0) is 6.42 Å². The molecule has 1 fully saturated rings. The van der Waals surface area contributed by atoms with E-state index in [1.54, 1.807) is 6.07 Å². The summed E-state index contributed by atoms with van der Waals surface area (Å²) in [6.45, 7) is 0.930. The summed E-state index contributed by atoms with van der Waals surface area (Å²) in [6, 6.07) is 4.45. The fourth-order valence-electron chi connectivity index (χ4n) is 2.62. The van der Waals surface area contributed by atoms with Gasteiger partial charge in [-0.2, -0.15) is 17.6 Å². The number of nitrogens with one attached hydrogen (secondary N) is 1. The van der Waals surface area contributed by atoms with Gasteiger partial charge in [-0.15, -0.1) is 0 Å². The summed E-state index contributed by atoms with van der Waals surface area (Å²) in [5.41, 5.74) is 0.748. The van der Waals surface area contributed by atoms with Crippen LogP contribution in [0.5, 0.6) is 11.5 Å². The van der Waals surface area contributed by atoms with Gasteiger partial charge in [0.15, 0.2) is 11.5 Å². The van der Waals surface area contributed by atoms with Crippen molar-refractivity contribution < 1.29 is 27.0 Å². The van der Waals surface area contributed by atoms with E-state index >= 15 is 0 Å². The van der Waals surface area contributed by atoms with Crippen molar-refractivity contribution in [3.63, 3.8) is 0 Å². The smallest absolute Gasteiger partial charge is 0.421 e. The minimum absolute atomic E-state index is 0.267. The number of piperidine rings is 1. The molecule has 2 aliphatic heterocycles. The number of alkyl halides is 4. The van der Waals surface area contributed by atoms with Crippen molar-refractivity contribution in [2.45, 2.75) is 43.9 Å². The highest BCUT2D eigenvalue weighted by atomic mass is 19.3. The van der Waals surface area contributed by atoms with Gasteiger partial charge in [0, 0.05) is 6.04 Å². The van der Waals surface area contributed by atoms with Gasteiger partial charge in [0.05, 0.1) is 0 Å². The lowest BCUT2D eigenvalue weighted by Gasteiger charge is -2.32. The van der Waals surface area contributed by atoms with Crippen LogP contribution in [0, 0.1) is 0 Å². The summed E-state index contributed by atoms with van der Waals surface area (Å²) in [5, 5.41) is 3.34. The SMILES string of the molecule is FC1(F)Oc2ccc(CC3CCCCN3)cc2OC1(F)F. The van der Waals surface area contributed by atoms with E-state index in [-0.39, 0.29) is 17.5 Å². The normalized spacial score (nSPS) is 26.4. The van der Waals surface area contributed by atoms with Crippen molar-refractivity contribution >= 4 is 0 Å². The van der Waals surface area contributed by atoms with E-state index in [9.17, 15) is 17.6 Å². The Morgan fingerprint density at radius 2 is 1.76 bits per heavy atom. The fourth-order valence-corrected chi connectivity index (χ4v) is 2.62. The minimum Gasteiger partial charge on any atom is -0.421 e. The number of rotatable bonds is 2. The fraction of sp³-hybridized carbons (Fsp3) is 0.571. The average molecular weight is 305 g/mol. The summed E-state index contributed by atoms with van der Waals surface area (Å²) in [5.74, 6) is -0.717. The molecule has 2 aliphatic rings. The zero-order valence-corrected chi connectivity index (χ0v) is 11.2. The van der Waals surface area contributed by atoms with E-state index < -0.39 is 12.2 Å². The Balaban J connectivity index is 1.79. The zero-order chi connectivity index (χ0) is 15.1. The molecular formula is C14H15F4NO2. The predicted molar refractivity (Wildman–Crippen MR) is 66.9 cm³/mol. The zero-order valence-electron chi connectivity index (χ0n) is 11.2. The maximum atomic E-state index is 13.1. The van der Waals surface area contributed by atoms with E-state index in [2.05, 4.69) is 14.8 Å². The third kappa shape index (κ3) is 2.79. The standard InChI is InChI=1S/C14H15F4NO2/c15-13(16)14(17,18)21-12-8-9(4-5-11(12)20-13)7-10-3-1-2-6-19-10/h4-5,8,10,19H,1-3,6-7H2. The van der Waals surface area contributed by atoms with Crippen LogP contribution >= 0.6 is 0 Å². The second-order valence-corrected chi connectivity index (χ2v) is 5.37. The first kappa shape index (κ1) is 14.4. The van der Waals surface area contributed by atoms with Gasteiger partial charge in [-0.05, 0) is 43.5 Å². The predicted octanol–water partition coefficient (Wildman–Crippen LogP) is 3.33. The average Bonchev–Trinajstić information content (AvgIpc) is 2.41. The second kappa shape index (κ2) is 5.05. The number of hydrogen-bond acceptors (Lipinski definition) is 3. The molecule has 1 aromatic rings. The first-order valence-electron chi connectivity index (χ1n) is 6.87. The van der Waals surface area contributed by atoms with Crippen LogP contribution < -0.4 is 14.8 Å². The van der Waals surface area contributed by atoms with Crippen LogP contribution in [0.1, 0.15) is 24.8 Å². The summed E-state index contributed by atoms with van der Waals surface area (Å²) < 4.78 is 60.5. The van der Waals surface area contributed by atoms with Gasteiger partial charge in [0.2, 0.25) is 0 Å². The van der Waals surface area contributed by atoms with Crippen LogP contribution in [-0.4, -0.2) is 24.8 Å². The molecule has 1 atom stereocenters. The highest BCUT2D eigenvalue weighted by Crippen LogP contribution is 2.47. The number of benzene rings is 1. The van der Waals surface area contributed by atoms with Gasteiger partial charge in [-0.1, -0.05) is 12.5 Å². The van der Waals surface area contributed by atoms with E-state index in [0.717, 1.165) is 31.4 Å². The van der Waals surface area contributed by atoms with Crippen molar-refractivity contribution in [3.05, 3.63) is 23.8 Å². The summed E-state index contributed by atoms with van der Waals surface area (Å²) in [6.07, 6.45) is -5.44. The largest absolute Gasteiger partial charge is 0.507 e. The molecule has 0 saturated carbocycles. The molecule has 0 radical (unpaired) electrons. The van der Waals surface area contributed by atoms with Gasteiger partial charge < -0.3 is 14.8 Å². The second-order valence-electron chi connectivity index (χ2n) is 5.37. The van der Waals surface area contributed by atoms with E-state index in [1.807, 2.05) is 0 Å². The molecule has 7 heteroatoms. The minimum atomic E-state index is -4.66. The number of hydrogen-bond donors (Lipinski definition) is 1. The molecule has 116 valence electrons. The van der Waals surface area contributed by atoms with Gasteiger partial charge in [0.25, 0.3) is 0 Å². The van der Waals surface area contributed by atoms with Crippen LogP contribution in [0.25, 0.3) is 0 Å². The molecule has 2 heterocycles. The highest BCUT2D eigenvalue weighted by Gasteiger charge is 2.65. The Labute approximate surface area is 119 Å². The maximum Gasteiger partial charge on any atom is 0.507 e. The molecule has 0 spiro atoms. The highest BCUT2D eigenvalue weighted by molar-refractivity contribution is 5.45. The Kier molecular flexibility index (Phi) is 3.47. The molecule has 1 saturated heterocycles.